The molecular formula is C19H15NO4. The fourth-order valence-electron chi connectivity index (χ4n) is 2.49. The molecule has 0 spiro atoms. The van der Waals surface area contributed by atoms with E-state index in [1.54, 1.807) is 24.3 Å². The first-order valence-corrected chi connectivity index (χ1v) is 7.30. The summed E-state index contributed by atoms with van der Waals surface area (Å²) >= 11 is 0. The van der Waals surface area contributed by atoms with Gasteiger partial charge in [0.25, 0.3) is 5.91 Å². The highest BCUT2D eigenvalue weighted by Gasteiger charge is 2.14. The molecular weight excluding hydrogens is 306 g/mol. The Bertz CT molecular complexity index is 934. The number of amides is 1. The van der Waals surface area contributed by atoms with Crippen molar-refractivity contribution >= 4 is 28.3 Å². The van der Waals surface area contributed by atoms with E-state index in [-0.39, 0.29) is 11.5 Å². The second-order valence-electron chi connectivity index (χ2n) is 5.24. The minimum absolute atomic E-state index is 0.110. The topological polar surface area (TPSA) is 75.6 Å². The van der Waals surface area contributed by atoms with Crippen LogP contribution in [0.2, 0.25) is 0 Å². The molecule has 5 nitrogen and oxygen atoms in total. The zero-order valence-corrected chi connectivity index (χ0v) is 12.9. The van der Waals surface area contributed by atoms with E-state index in [1.165, 1.54) is 19.2 Å². The Balaban J connectivity index is 1.96. The number of carboxylic acid groups (broad SMARTS) is 1. The summed E-state index contributed by atoms with van der Waals surface area (Å²) < 4.78 is 5.32. The van der Waals surface area contributed by atoms with Crippen LogP contribution in [0.4, 0.5) is 5.69 Å². The summed E-state index contributed by atoms with van der Waals surface area (Å²) in [4.78, 5) is 23.6. The average Bonchev–Trinajstić information content (AvgIpc) is 2.60. The van der Waals surface area contributed by atoms with E-state index in [0.29, 0.717) is 17.0 Å². The molecule has 0 bridgehead atoms. The molecule has 24 heavy (non-hydrogen) atoms. The standard InChI is InChI=1S/C19H15NO4/c1-24-17-11-13-6-3-2-5-12(13)10-16(17)18(21)20-15-8-4-7-14(9-15)19(22)23/h2-11H,1H3,(H,20,21)(H,22,23). The number of anilines is 1. The number of methoxy groups -OCH3 is 1. The van der Waals surface area contributed by atoms with Crippen LogP contribution in [-0.2, 0) is 0 Å². The van der Waals surface area contributed by atoms with E-state index in [4.69, 9.17) is 9.84 Å². The second-order valence-corrected chi connectivity index (χ2v) is 5.24. The van der Waals surface area contributed by atoms with E-state index < -0.39 is 5.97 Å². The van der Waals surface area contributed by atoms with Crippen LogP contribution < -0.4 is 10.1 Å². The number of carboxylic acids is 1. The Kier molecular flexibility index (Phi) is 4.16. The monoisotopic (exact) mass is 321 g/mol. The Labute approximate surface area is 138 Å². The number of ether oxygens (including phenoxy) is 1. The molecule has 5 heteroatoms. The van der Waals surface area contributed by atoms with Gasteiger partial charge in [-0.25, -0.2) is 4.79 Å². The lowest BCUT2D eigenvalue weighted by atomic mass is 10.1. The van der Waals surface area contributed by atoms with Gasteiger partial charge >= 0.3 is 5.97 Å². The molecule has 0 heterocycles. The van der Waals surface area contributed by atoms with Gasteiger partial charge in [-0.2, -0.15) is 0 Å². The first-order chi connectivity index (χ1) is 11.6. The lowest BCUT2D eigenvalue weighted by molar-refractivity contribution is 0.0696. The number of nitrogens with one attached hydrogen (secondary N) is 1. The summed E-state index contributed by atoms with van der Waals surface area (Å²) in [7, 11) is 1.51. The number of benzene rings is 3. The van der Waals surface area contributed by atoms with Crippen LogP contribution >= 0.6 is 0 Å². The molecule has 0 aliphatic carbocycles. The summed E-state index contributed by atoms with van der Waals surface area (Å²) in [6.45, 7) is 0. The van der Waals surface area contributed by atoms with E-state index in [9.17, 15) is 9.59 Å². The van der Waals surface area contributed by atoms with Crippen molar-refractivity contribution in [2.75, 3.05) is 12.4 Å². The van der Waals surface area contributed by atoms with Crippen LogP contribution in [-0.4, -0.2) is 24.1 Å². The van der Waals surface area contributed by atoms with Gasteiger partial charge in [-0.05, 0) is 41.1 Å². The number of fused-ring (bicyclic) bond motifs is 1. The molecule has 0 atom stereocenters. The second kappa shape index (κ2) is 6.42. The maximum Gasteiger partial charge on any atom is 0.335 e. The minimum atomic E-state index is -1.05. The van der Waals surface area contributed by atoms with E-state index in [1.807, 2.05) is 24.3 Å². The van der Waals surface area contributed by atoms with E-state index in [0.717, 1.165) is 10.8 Å². The number of rotatable bonds is 4. The van der Waals surface area contributed by atoms with Crippen molar-refractivity contribution in [3.05, 3.63) is 71.8 Å². The molecule has 3 aromatic carbocycles. The van der Waals surface area contributed by atoms with Crippen molar-refractivity contribution < 1.29 is 19.4 Å². The van der Waals surface area contributed by atoms with Crippen LogP contribution in [0.25, 0.3) is 10.8 Å². The highest BCUT2D eigenvalue weighted by Crippen LogP contribution is 2.26. The summed E-state index contributed by atoms with van der Waals surface area (Å²) in [6, 6.07) is 17.3. The zero-order chi connectivity index (χ0) is 17.1. The molecule has 0 aromatic heterocycles. The largest absolute Gasteiger partial charge is 0.496 e. The predicted octanol–water partition coefficient (Wildman–Crippen LogP) is 3.80. The Morgan fingerprint density at radius 1 is 0.958 bits per heavy atom. The first-order valence-electron chi connectivity index (χ1n) is 7.30. The Morgan fingerprint density at radius 3 is 2.33 bits per heavy atom. The highest BCUT2D eigenvalue weighted by atomic mass is 16.5. The van der Waals surface area contributed by atoms with Crippen molar-refractivity contribution in [1.29, 1.82) is 0 Å². The number of hydrogen-bond acceptors (Lipinski definition) is 3. The summed E-state index contributed by atoms with van der Waals surface area (Å²) in [5.74, 6) is -0.949. The van der Waals surface area contributed by atoms with Gasteiger partial charge in [-0.15, -0.1) is 0 Å². The van der Waals surface area contributed by atoms with Gasteiger partial charge in [0, 0.05) is 5.69 Å². The fourth-order valence-corrected chi connectivity index (χ4v) is 2.49. The van der Waals surface area contributed by atoms with Crippen molar-refractivity contribution in [1.82, 2.24) is 0 Å². The van der Waals surface area contributed by atoms with Gasteiger partial charge in [0.2, 0.25) is 0 Å². The average molecular weight is 321 g/mol. The predicted molar refractivity (Wildman–Crippen MR) is 91.9 cm³/mol. The SMILES string of the molecule is COc1cc2ccccc2cc1C(=O)Nc1cccc(C(=O)O)c1. The maximum atomic E-state index is 12.6. The fraction of sp³-hybridized carbons (Fsp3) is 0.0526. The third-order valence-electron chi connectivity index (χ3n) is 3.68. The molecule has 0 unspecified atom stereocenters. The van der Waals surface area contributed by atoms with Gasteiger partial charge in [-0.3, -0.25) is 4.79 Å². The Hall–Kier alpha value is -3.34. The van der Waals surface area contributed by atoms with Crippen molar-refractivity contribution in [3.63, 3.8) is 0 Å². The Morgan fingerprint density at radius 2 is 1.67 bits per heavy atom. The molecule has 0 saturated heterocycles. The lowest BCUT2D eigenvalue weighted by Gasteiger charge is -2.11. The number of aromatic carboxylic acids is 1. The normalized spacial score (nSPS) is 10.4. The molecule has 1 amide bonds. The van der Waals surface area contributed by atoms with E-state index >= 15 is 0 Å². The molecule has 2 N–H and O–H groups in total. The smallest absolute Gasteiger partial charge is 0.335 e. The summed E-state index contributed by atoms with van der Waals surface area (Å²) in [5, 5.41) is 13.6. The van der Waals surface area contributed by atoms with Crippen LogP contribution in [0.15, 0.2) is 60.7 Å². The van der Waals surface area contributed by atoms with Crippen LogP contribution in [0.3, 0.4) is 0 Å². The third kappa shape index (κ3) is 3.05. The van der Waals surface area contributed by atoms with Crippen molar-refractivity contribution in [3.8, 4) is 5.75 Å². The molecule has 0 aliphatic rings. The highest BCUT2D eigenvalue weighted by molar-refractivity contribution is 6.09. The zero-order valence-electron chi connectivity index (χ0n) is 12.9. The van der Waals surface area contributed by atoms with Crippen molar-refractivity contribution in [2.24, 2.45) is 0 Å². The van der Waals surface area contributed by atoms with Crippen LogP contribution in [0.1, 0.15) is 20.7 Å². The van der Waals surface area contributed by atoms with Crippen molar-refractivity contribution in [2.45, 2.75) is 0 Å². The van der Waals surface area contributed by atoms with E-state index in [2.05, 4.69) is 5.32 Å². The maximum absolute atomic E-state index is 12.6. The molecule has 0 radical (unpaired) electrons. The molecule has 0 fully saturated rings. The molecule has 0 aliphatic heterocycles. The lowest BCUT2D eigenvalue weighted by Crippen LogP contribution is -2.13. The van der Waals surface area contributed by atoms with Gasteiger partial charge in [-0.1, -0.05) is 30.3 Å². The molecule has 120 valence electrons. The van der Waals surface area contributed by atoms with Gasteiger partial charge in [0.15, 0.2) is 0 Å². The number of carbonyl (C=O) groups excluding carboxylic acids is 1. The molecule has 0 saturated carbocycles. The quantitative estimate of drug-likeness (QED) is 0.766. The van der Waals surface area contributed by atoms with Crippen LogP contribution in [0.5, 0.6) is 5.75 Å². The van der Waals surface area contributed by atoms with Gasteiger partial charge in [0.05, 0.1) is 18.2 Å². The number of carbonyl (C=O) groups is 2. The molecule has 3 aromatic rings. The summed E-state index contributed by atoms with van der Waals surface area (Å²) in [6.07, 6.45) is 0. The van der Waals surface area contributed by atoms with Gasteiger partial charge < -0.3 is 15.2 Å². The first kappa shape index (κ1) is 15.6. The number of hydrogen-bond donors (Lipinski definition) is 2. The summed E-state index contributed by atoms with van der Waals surface area (Å²) in [5.41, 5.74) is 0.908. The van der Waals surface area contributed by atoms with Crippen LogP contribution in [0, 0.1) is 0 Å². The third-order valence-corrected chi connectivity index (χ3v) is 3.68. The van der Waals surface area contributed by atoms with Gasteiger partial charge in [0.1, 0.15) is 5.75 Å². The molecule has 3 rings (SSSR count). The minimum Gasteiger partial charge on any atom is -0.496 e.